The van der Waals surface area contributed by atoms with Gasteiger partial charge in [-0.15, -0.1) is 12.4 Å². The summed E-state index contributed by atoms with van der Waals surface area (Å²) >= 11 is 0. The van der Waals surface area contributed by atoms with E-state index in [1.807, 2.05) is 6.07 Å². The molecular formula is C19H31ClN2O. The first-order chi connectivity index (χ1) is 10.8. The highest BCUT2D eigenvalue weighted by Gasteiger charge is 2.17. The Labute approximate surface area is 147 Å². The lowest BCUT2D eigenvalue weighted by Gasteiger charge is -2.19. The van der Waals surface area contributed by atoms with Crippen molar-refractivity contribution in [3.63, 3.8) is 0 Å². The third-order valence-electron chi connectivity index (χ3n) is 4.57. The zero-order chi connectivity index (χ0) is 15.6. The standard InChI is InChI=1S/C19H30N2O.ClH/c1-2-6-18(11-9-16-7-4-3-5-8-16)21-19(22)12-10-17-13-14-20-15-17;/h3-5,7-8,17-18,20H,2,6,9-15H2,1H3,(H,21,22);1H. The zero-order valence-electron chi connectivity index (χ0n) is 14.2. The van der Waals surface area contributed by atoms with Crippen molar-refractivity contribution in [2.75, 3.05) is 13.1 Å². The molecule has 130 valence electrons. The number of hydrogen-bond acceptors (Lipinski definition) is 2. The van der Waals surface area contributed by atoms with Gasteiger partial charge in [0.05, 0.1) is 0 Å². The molecule has 1 aromatic rings. The Morgan fingerprint density at radius 1 is 1.30 bits per heavy atom. The predicted octanol–water partition coefficient (Wildman–Crippen LogP) is 3.72. The first-order valence-electron chi connectivity index (χ1n) is 8.82. The summed E-state index contributed by atoms with van der Waals surface area (Å²) in [6, 6.07) is 10.9. The topological polar surface area (TPSA) is 41.1 Å². The van der Waals surface area contributed by atoms with E-state index in [-0.39, 0.29) is 18.3 Å². The molecule has 0 bridgehead atoms. The highest BCUT2D eigenvalue weighted by molar-refractivity contribution is 5.85. The second kappa shape index (κ2) is 11.5. The minimum absolute atomic E-state index is 0. The van der Waals surface area contributed by atoms with E-state index < -0.39 is 0 Å². The van der Waals surface area contributed by atoms with Crippen LogP contribution in [-0.2, 0) is 11.2 Å². The minimum Gasteiger partial charge on any atom is -0.353 e. The molecule has 0 spiro atoms. The zero-order valence-corrected chi connectivity index (χ0v) is 15.0. The number of amides is 1. The van der Waals surface area contributed by atoms with Gasteiger partial charge in [0.1, 0.15) is 0 Å². The van der Waals surface area contributed by atoms with Crippen LogP contribution in [0.15, 0.2) is 30.3 Å². The molecule has 0 aliphatic carbocycles. The first kappa shape index (κ1) is 20.0. The molecule has 2 unspecified atom stereocenters. The van der Waals surface area contributed by atoms with Crippen LogP contribution in [0, 0.1) is 5.92 Å². The molecule has 2 N–H and O–H groups in total. The maximum absolute atomic E-state index is 12.2. The van der Waals surface area contributed by atoms with Crippen LogP contribution >= 0.6 is 12.4 Å². The molecule has 2 atom stereocenters. The molecule has 0 saturated carbocycles. The van der Waals surface area contributed by atoms with E-state index in [0.29, 0.717) is 18.4 Å². The Hall–Kier alpha value is -1.06. The molecule has 1 amide bonds. The summed E-state index contributed by atoms with van der Waals surface area (Å²) in [6.45, 7) is 4.38. The lowest BCUT2D eigenvalue weighted by molar-refractivity contribution is -0.122. The fourth-order valence-electron chi connectivity index (χ4n) is 3.22. The molecule has 0 aromatic heterocycles. The lowest BCUT2D eigenvalue weighted by Crippen LogP contribution is -2.35. The Morgan fingerprint density at radius 2 is 2.09 bits per heavy atom. The first-order valence-corrected chi connectivity index (χ1v) is 8.82. The molecule has 4 heteroatoms. The largest absolute Gasteiger partial charge is 0.353 e. The van der Waals surface area contributed by atoms with Crippen molar-refractivity contribution in [2.45, 2.75) is 57.9 Å². The third kappa shape index (κ3) is 7.85. The molecule has 3 nitrogen and oxygen atoms in total. The van der Waals surface area contributed by atoms with Gasteiger partial charge in [0, 0.05) is 12.5 Å². The number of benzene rings is 1. The van der Waals surface area contributed by atoms with Gasteiger partial charge in [-0.2, -0.15) is 0 Å². The number of carbonyl (C=O) groups is 1. The van der Waals surface area contributed by atoms with Crippen LogP contribution in [0.3, 0.4) is 0 Å². The van der Waals surface area contributed by atoms with Crippen LogP contribution in [0.2, 0.25) is 0 Å². The molecule has 1 saturated heterocycles. The number of carbonyl (C=O) groups excluding carboxylic acids is 1. The summed E-state index contributed by atoms with van der Waals surface area (Å²) in [5.41, 5.74) is 1.36. The van der Waals surface area contributed by atoms with Crippen molar-refractivity contribution in [3.05, 3.63) is 35.9 Å². The normalized spacial score (nSPS) is 18.2. The summed E-state index contributed by atoms with van der Waals surface area (Å²) < 4.78 is 0. The van der Waals surface area contributed by atoms with Gasteiger partial charge in [0.15, 0.2) is 0 Å². The molecule has 2 rings (SSSR count). The molecule has 1 aliphatic rings. The smallest absolute Gasteiger partial charge is 0.220 e. The van der Waals surface area contributed by atoms with Crippen molar-refractivity contribution < 1.29 is 4.79 Å². The SMILES string of the molecule is CCCC(CCc1ccccc1)NC(=O)CCC1CCNC1.Cl. The van der Waals surface area contributed by atoms with E-state index in [0.717, 1.165) is 45.2 Å². The Bertz CT molecular complexity index is 432. The van der Waals surface area contributed by atoms with E-state index >= 15 is 0 Å². The van der Waals surface area contributed by atoms with Crippen molar-refractivity contribution >= 4 is 18.3 Å². The van der Waals surface area contributed by atoms with Crippen LogP contribution in [0.25, 0.3) is 0 Å². The number of halogens is 1. The van der Waals surface area contributed by atoms with Crippen LogP contribution < -0.4 is 10.6 Å². The van der Waals surface area contributed by atoms with Crippen LogP contribution in [0.4, 0.5) is 0 Å². The summed E-state index contributed by atoms with van der Waals surface area (Å²) in [4.78, 5) is 12.2. The molecule has 23 heavy (non-hydrogen) atoms. The van der Waals surface area contributed by atoms with Gasteiger partial charge in [-0.05, 0) is 56.7 Å². The van der Waals surface area contributed by atoms with Crippen molar-refractivity contribution in [2.24, 2.45) is 5.92 Å². The summed E-state index contributed by atoms with van der Waals surface area (Å²) in [5, 5.41) is 6.62. The van der Waals surface area contributed by atoms with Gasteiger partial charge >= 0.3 is 0 Å². The molecular weight excluding hydrogens is 308 g/mol. The van der Waals surface area contributed by atoms with E-state index in [1.54, 1.807) is 0 Å². The van der Waals surface area contributed by atoms with Gasteiger partial charge in [-0.1, -0.05) is 43.7 Å². The number of rotatable bonds is 9. The Balaban J connectivity index is 0.00000264. The number of aryl methyl sites for hydroxylation is 1. The lowest BCUT2D eigenvalue weighted by atomic mass is 10.00. The molecule has 1 aliphatic heterocycles. The molecule has 1 aromatic carbocycles. The van der Waals surface area contributed by atoms with Crippen molar-refractivity contribution in [3.8, 4) is 0 Å². The van der Waals surface area contributed by atoms with E-state index in [4.69, 9.17) is 0 Å². The second-order valence-corrected chi connectivity index (χ2v) is 6.47. The highest BCUT2D eigenvalue weighted by Crippen LogP contribution is 2.15. The fourth-order valence-corrected chi connectivity index (χ4v) is 3.22. The van der Waals surface area contributed by atoms with Crippen LogP contribution in [-0.4, -0.2) is 25.0 Å². The van der Waals surface area contributed by atoms with E-state index in [1.165, 1.54) is 12.0 Å². The summed E-state index contributed by atoms with van der Waals surface area (Å²) in [7, 11) is 0. The van der Waals surface area contributed by atoms with Gasteiger partial charge in [-0.3, -0.25) is 4.79 Å². The van der Waals surface area contributed by atoms with Crippen molar-refractivity contribution in [1.82, 2.24) is 10.6 Å². The quantitative estimate of drug-likeness (QED) is 0.720. The maximum atomic E-state index is 12.2. The average molecular weight is 339 g/mol. The summed E-state index contributed by atoms with van der Waals surface area (Å²) in [6.07, 6.45) is 7.19. The molecule has 0 radical (unpaired) electrons. The van der Waals surface area contributed by atoms with Gasteiger partial charge < -0.3 is 10.6 Å². The van der Waals surface area contributed by atoms with Crippen molar-refractivity contribution in [1.29, 1.82) is 0 Å². The van der Waals surface area contributed by atoms with Gasteiger partial charge in [0.25, 0.3) is 0 Å². The van der Waals surface area contributed by atoms with Gasteiger partial charge in [-0.25, -0.2) is 0 Å². The molecule has 1 heterocycles. The number of nitrogens with one attached hydrogen (secondary N) is 2. The third-order valence-corrected chi connectivity index (χ3v) is 4.57. The van der Waals surface area contributed by atoms with Crippen LogP contribution in [0.5, 0.6) is 0 Å². The maximum Gasteiger partial charge on any atom is 0.220 e. The average Bonchev–Trinajstić information content (AvgIpc) is 3.05. The fraction of sp³-hybridized carbons (Fsp3) is 0.632. The Kier molecular flexibility index (Phi) is 9.97. The Morgan fingerprint density at radius 3 is 2.74 bits per heavy atom. The highest BCUT2D eigenvalue weighted by atomic mass is 35.5. The second-order valence-electron chi connectivity index (χ2n) is 6.47. The monoisotopic (exact) mass is 338 g/mol. The number of hydrogen-bond donors (Lipinski definition) is 2. The van der Waals surface area contributed by atoms with Crippen LogP contribution in [0.1, 0.15) is 51.0 Å². The van der Waals surface area contributed by atoms with E-state index in [9.17, 15) is 4.79 Å². The minimum atomic E-state index is 0. The van der Waals surface area contributed by atoms with Gasteiger partial charge in [0.2, 0.25) is 5.91 Å². The predicted molar refractivity (Wildman–Crippen MR) is 99.1 cm³/mol. The molecule has 1 fully saturated rings. The van der Waals surface area contributed by atoms with E-state index in [2.05, 4.69) is 41.8 Å². The summed E-state index contributed by atoms with van der Waals surface area (Å²) in [5.74, 6) is 0.929.